The van der Waals surface area contributed by atoms with E-state index in [0.29, 0.717) is 5.69 Å². The molecule has 0 saturated carbocycles. The van der Waals surface area contributed by atoms with Crippen LogP contribution in [0.5, 0.6) is 0 Å². The van der Waals surface area contributed by atoms with E-state index in [9.17, 15) is 15.2 Å². The van der Waals surface area contributed by atoms with E-state index in [1.807, 2.05) is 13.8 Å². The lowest BCUT2D eigenvalue weighted by atomic mass is 10.00. The molecular weight excluding hydrogens is 222 g/mol. The van der Waals surface area contributed by atoms with Crippen molar-refractivity contribution in [2.45, 2.75) is 25.8 Å². The Balaban J connectivity index is 2.95. The lowest BCUT2D eigenvalue weighted by molar-refractivity contribution is -0.383. The Labute approximate surface area is 99.6 Å². The maximum Gasteiger partial charge on any atom is 0.292 e. The molecule has 0 aromatic heterocycles. The molecule has 6 heteroatoms. The number of nitro groups is 1. The van der Waals surface area contributed by atoms with Crippen molar-refractivity contribution in [2.24, 2.45) is 0 Å². The number of hydrogen-bond donors (Lipinski definition) is 3. The first kappa shape index (κ1) is 13.2. The number of rotatable bonds is 5. The van der Waals surface area contributed by atoms with E-state index in [2.05, 4.69) is 5.32 Å². The number of benzene rings is 1. The molecule has 0 saturated heterocycles. The Bertz CT molecular complexity index is 416. The normalized spacial score (nSPS) is 14.1. The third-order valence-electron chi connectivity index (χ3n) is 2.80. The molecule has 1 aromatic carbocycles. The zero-order valence-electron chi connectivity index (χ0n) is 9.93. The molecular formula is C11H17N3O3. The average molecular weight is 239 g/mol. The summed E-state index contributed by atoms with van der Waals surface area (Å²) in [6, 6.07) is 4.44. The smallest absolute Gasteiger partial charge is 0.292 e. The molecule has 0 bridgehead atoms. The summed E-state index contributed by atoms with van der Waals surface area (Å²) < 4.78 is 0. The third kappa shape index (κ3) is 3.07. The van der Waals surface area contributed by atoms with Crippen molar-refractivity contribution in [1.29, 1.82) is 0 Å². The fourth-order valence-corrected chi connectivity index (χ4v) is 1.39. The van der Waals surface area contributed by atoms with Crippen LogP contribution in [0.2, 0.25) is 0 Å². The van der Waals surface area contributed by atoms with Crippen LogP contribution in [0.3, 0.4) is 0 Å². The van der Waals surface area contributed by atoms with Gasteiger partial charge in [0, 0.05) is 11.8 Å². The molecule has 1 rings (SSSR count). The third-order valence-corrected chi connectivity index (χ3v) is 2.80. The lowest BCUT2D eigenvalue weighted by Gasteiger charge is -2.28. The summed E-state index contributed by atoms with van der Waals surface area (Å²) in [6.45, 7) is 3.78. The standard InChI is InChI=1S/C11H17N3O3/c1-3-11(2,7-15)13-8-4-5-10(14(16)17)9(12)6-8/h4-6,13,15H,3,7,12H2,1-2H3. The van der Waals surface area contributed by atoms with Crippen LogP contribution in [0.1, 0.15) is 20.3 Å². The quantitative estimate of drug-likeness (QED) is 0.413. The Morgan fingerprint density at radius 1 is 1.59 bits per heavy atom. The molecule has 0 fully saturated rings. The Hall–Kier alpha value is -1.82. The average Bonchev–Trinajstić information content (AvgIpc) is 2.28. The lowest BCUT2D eigenvalue weighted by Crippen LogP contribution is -2.37. The molecule has 0 radical (unpaired) electrons. The van der Waals surface area contributed by atoms with E-state index >= 15 is 0 Å². The molecule has 1 unspecified atom stereocenters. The highest BCUT2D eigenvalue weighted by Gasteiger charge is 2.21. The van der Waals surface area contributed by atoms with Crippen LogP contribution in [0, 0.1) is 10.1 Å². The van der Waals surface area contributed by atoms with Gasteiger partial charge in [-0.1, -0.05) is 6.92 Å². The predicted molar refractivity (Wildman–Crippen MR) is 66.9 cm³/mol. The Kier molecular flexibility index (Phi) is 3.90. The van der Waals surface area contributed by atoms with Crippen LogP contribution >= 0.6 is 0 Å². The van der Waals surface area contributed by atoms with Gasteiger partial charge >= 0.3 is 0 Å². The maximum atomic E-state index is 10.6. The second-order valence-electron chi connectivity index (χ2n) is 4.23. The SMILES string of the molecule is CCC(C)(CO)Nc1ccc([N+](=O)[O-])c(N)c1. The van der Waals surface area contributed by atoms with Gasteiger partial charge in [0.15, 0.2) is 0 Å². The van der Waals surface area contributed by atoms with Gasteiger partial charge in [0.05, 0.1) is 17.1 Å². The predicted octanol–water partition coefficient (Wildman–Crippen LogP) is 1.75. The van der Waals surface area contributed by atoms with Gasteiger partial charge in [-0.05, 0) is 25.5 Å². The highest BCUT2D eigenvalue weighted by atomic mass is 16.6. The van der Waals surface area contributed by atoms with Gasteiger partial charge < -0.3 is 16.2 Å². The maximum absolute atomic E-state index is 10.6. The van der Waals surface area contributed by atoms with E-state index in [-0.39, 0.29) is 18.0 Å². The largest absolute Gasteiger partial charge is 0.394 e. The van der Waals surface area contributed by atoms with Gasteiger partial charge in [0.2, 0.25) is 0 Å². The molecule has 0 aliphatic carbocycles. The molecule has 0 spiro atoms. The summed E-state index contributed by atoms with van der Waals surface area (Å²) in [4.78, 5) is 10.1. The number of nitrogen functional groups attached to an aromatic ring is 1. The van der Waals surface area contributed by atoms with Gasteiger partial charge in [-0.15, -0.1) is 0 Å². The molecule has 17 heavy (non-hydrogen) atoms. The molecule has 4 N–H and O–H groups in total. The summed E-state index contributed by atoms with van der Waals surface area (Å²) in [5.41, 5.74) is 5.78. The summed E-state index contributed by atoms with van der Waals surface area (Å²) >= 11 is 0. The van der Waals surface area contributed by atoms with Crippen LogP contribution in [-0.4, -0.2) is 22.2 Å². The molecule has 0 aliphatic rings. The highest BCUT2D eigenvalue weighted by Crippen LogP contribution is 2.27. The second-order valence-corrected chi connectivity index (χ2v) is 4.23. The van der Waals surface area contributed by atoms with Gasteiger partial charge in [-0.25, -0.2) is 0 Å². The van der Waals surface area contributed by atoms with Crippen molar-refractivity contribution >= 4 is 17.1 Å². The van der Waals surface area contributed by atoms with Crippen molar-refractivity contribution in [2.75, 3.05) is 17.7 Å². The van der Waals surface area contributed by atoms with E-state index in [1.54, 1.807) is 6.07 Å². The molecule has 0 heterocycles. The number of nitrogens with zero attached hydrogens (tertiary/aromatic N) is 1. The first-order valence-electron chi connectivity index (χ1n) is 5.35. The van der Waals surface area contributed by atoms with Crippen molar-refractivity contribution in [3.05, 3.63) is 28.3 Å². The topological polar surface area (TPSA) is 101 Å². The number of aliphatic hydroxyl groups excluding tert-OH is 1. The number of hydrogen-bond acceptors (Lipinski definition) is 5. The number of nitrogens with one attached hydrogen (secondary N) is 1. The number of anilines is 2. The summed E-state index contributed by atoms with van der Waals surface area (Å²) in [5, 5.41) is 23.0. The van der Waals surface area contributed by atoms with Gasteiger partial charge in [-0.2, -0.15) is 0 Å². The molecule has 1 atom stereocenters. The number of nitrogens with two attached hydrogens (primary N) is 1. The Morgan fingerprint density at radius 3 is 2.65 bits per heavy atom. The molecule has 6 nitrogen and oxygen atoms in total. The van der Waals surface area contributed by atoms with Crippen molar-refractivity contribution in [1.82, 2.24) is 0 Å². The van der Waals surface area contributed by atoms with Crippen LogP contribution in [0.15, 0.2) is 18.2 Å². The minimum Gasteiger partial charge on any atom is -0.394 e. The monoisotopic (exact) mass is 239 g/mol. The Morgan fingerprint density at radius 2 is 2.24 bits per heavy atom. The van der Waals surface area contributed by atoms with Gasteiger partial charge in [0.25, 0.3) is 5.69 Å². The zero-order valence-corrected chi connectivity index (χ0v) is 9.93. The summed E-state index contributed by atoms with van der Waals surface area (Å²) in [5.74, 6) is 0. The fourth-order valence-electron chi connectivity index (χ4n) is 1.39. The minimum absolute atomic E-state index is 0.0274. The first-order valence-corrected chi connectivity index (χ1v) is 5.35. The van der Waals surface area contributed by atoms with Crippen LogP contribution < -0.4 is 11.1 Å². The first-order chi connectivity index (χ1) is 7.91. The zero-order chi connectivity index (χ0) is 13.1. The highest BCUT2D eigenvalue weighted by molar-refractivity contribution is 5.66. The molecule has 0 amide bonds. The number of aliphatic hydroxyl groups is 1. The van der Waals surface area contributed by atoms with E-state index in [0.717, 1.165) is 6.42 Å². The van der Waals surface area contributed by atoms with E-state index in [1.165, 1.54) is 12.1 Å². The van der Waals surface area contributed by atoms with Crippen LogP contribution in [-0.2, 0) is 0 Å². The summed E-state index contributed by atoms with van der Waals surface area (Å²) in [7, 11) is 0. The van der Waals surface area contributed by atoms with Gasteiger partial charge in [-0.3, -0.25) is 10.1 Å². The number of nitro benzene ring substituents is 1. The van der Waals surface area contributed by atoms with Crippen molar-refractivity contribution < 1.29 is 10.0 Å². The summed E-state index contributed by atoms with van der Waals surface area (Å²) in [6.07, 6.45) is 0.723. The molecule has 0 aliphatic heterocycles. The van der Waals surface area contributed by atoms with E-state index < -0.39 is 10.5 Å². The van der Waals surface area contributed by atoms with Gasteiger partial charge in [0.1, 0.15) is 5.69 Å². The minimum atomic E-state index is -0.524. The molecule has 94 valence electrons. The van der Waals surface area contributed by atoms with Crippen LogP contribution in [0.4, 0.5) is 17.1 Å². The van der Waals surface area contributed by atoms with Crippen LogP contribution in [0.25, 0.3) is 0 Å². The molecule has 1 aromatic rings. The van der Waals surface area contributed by atoms with Crippen molar-refractivity contribution in [3.63, 3.8) is 0 Å². The van der Waals surface area contributed by atoms with E-state index in [4.69, 9.17) is 5.73 Å². The van der Waals surface area contributed by atoms with Crippen molar-refractivity contribution in [3.8, 4) is 0 Å². The fraction of sp³-hybridized carbons (Fsp3) is 0.455. The second kappa shape index (κ2) is 5.01.